The predicted octanol–water partition coefficient (Wildman–Crippen LogP) is 2.49. The fourth-order valence-electron chi connectivity index (χ4n) is 1.60. The van der Waals surface area contributed by atoms with E-state index in [2.05, 4.69) is 5.32 Å². The van der Waals surface area contributed by atoms with Crippen molar-refractivity contribution in [3.8, 4) is 0 Å². The zero-order valence-corrected chi connectivity index (χ0v) is 11.2. The Balaban J connectivity index is 2.90. The lowest BCUT2D eigenvalue weighted by Gasteiger charge is -2.23. The van der Waals surface area contributed by atoms with E-state index in [-0.39, 0.29) is 11.9 Å². The van der Waals surface area contributed by atoms with Crippen LogP contribution in [0.3, 0.4) is 0 Å². The van der Waals surface area contributed by atoms with E-state index >= 15 is 0 Å². The van der Waals surface area contributed by atoms with Crippen molar-refractivity contribution in [3.05, 3.63) is 29.8 Å². The van der Waals surface area contributed by atoms with Crippen LogP contribution in [0.25, 0.3) is 0 Å². The first-order valence-electron chi connectivity index (χ1n) is 5.93. The second-order valence-electron chi connectivity index (χ2n) is 4.60. The summed E-state index contributed by atoms with van der Waals surface area (Å²) in [5.41, 5.74) is 0.881. The molecule has 0 aromatic heterocycles. The molecule has 0 saturated carbocycles. The highest BCUT2D eigenvalue weighted by Crippen LogP contribution is 2.26. The molecule has 0 bridgehead atoms. The normalized spacial score (nSPS) is 10.9. The van der Waals surface area contributed by atoms with E-state index in [0.717, 1.165) is 5.56 Å². The molecule has 18 heavy (non-hydrogen) atoms. The van der Waals surface area contributed by atoms with E-state index in [1.54, 1.807) is 19.1 Å². The van der Waals surface area contributed by atoms with Crippen LogP contribution in [0.5, 0.6) is 0 Å². The number of anilines is 1. The lowest BCUT2D eigenvalue weighted by Crippen LogP contribution is -2.31. The Morgan fingerprint density at radius 2 is 1.78 bits per heavy atom. The highest BCUT2D eigenvalue weighted by molar-refractivity contribution is 5.89. The number of benzene rings is 1. The van der Waals surface area contributed by atoms with Crippen molar-refractivity contribution in [2.24, 2.45) is 0 Å². The van der Waals surface area contributed by atoms with Crippen LogP contribution in [0, 0.1) is 0 Å². The average molecular weight is 249 g/mol. The third-order valence-electron chi connectivity index (χ3n) is 2.71. The molecule has 0 fully saturated rings. The number of hydrogen-bond acceptors (Lipinski definition) is 3. The highest BCUT2D eigenvalue weighted by atomic mass is 16.5. The minimum absolute atomic E-state index is 0.118. The van der Waals surface area contributed by atoms with Crippen molar-refractivity contribution in [1.82, 2.24) is 0 Å². The molecule has 0 saturated heterocycles. The number of nitrogens with one attached hydrogen (secondary N) is 1. The molecule has 0 unspecified atom stereocenters. The van der Waals surface area contributed by atoms with Gasteiger partial charge in [0, 0.05) is 12.6 Å². The van der Waals surface area contributed by atoms with Crippen LogP contribution in [0.2, 0.25) is 0 Å². The van der Waals surface area contributed by atoms with Gasteiger partial charge in [-0.2, -0.15) is 0 Å². The fourth-order valence-corrected chi connectivity index (χ4v) is 1.60. The predicted molar refractivity (Wildman–Crippen MR) is 70.4 cm³/mol. The molecule has 98 valence electrons. The van der Waals surface area contributed by atoms with Gasteiger partial charge in [-0.3, -0.25) is 9.59 Å². The molecule has 1 aromatic rings. The number of hydrogen-bond donors (Lipinski definition) is 1. The molecule has 0 aliphatic rings. The minimum atomic E-state index is -0.690. The smallest absolute Gasteiger partial charge is 0.315 e. The average Bonchev–Trinajstić information content (AvgIpc) is 2.29. The number of esters is 1. The molecule has 0 aliphatic carbocycles. The second kappa shape index (κ2) is 5.67. The molecule has 4 nitrogen and oxygen atoms in total. The number of carbonyl (C=O) groups is 2. The SMILES string of the molecule is CCOC(=O)C(C)(C)c1ccc(NC(C)=O)cc1. The quantitative estimate of drug-likeness (QED) is 0.834. The van der Waals surface area contributed by atoms with Crippen molar-refractivity contribution < 1.29 is 14.3 Å². The Bertz CT molecular complexity index is 435. The summed E-state index contributed by atoms with van der Waals surface area (Å²) in [7, 11) is 0. The summed E-state index contributed by atoms with van der Waals surface area (Å²) in [5, 5.41) is 2.68. The van der Waals surface area contributed by atoms with E-state index in [1.165, 1.54) is 6.92 Å². The summed E-state index contributed by atoms with van der Waals surface area (Å²) < 4.78 is 5.05. The van der Waals surface area contributed by atoms with Gasteiger partial charge in [0.2, 0.25) is 5.91 Å². The zero-order chi connectivity index (χ0) is 13.8. The van der Waals surface area contributed by atoms with Gasteiger partial charge in [-0.15, -0.1) is 0 Å². The molecule has 0 radical (unpaired) electrons. The van der Waals surface area contributed by atoms with Gasteiger partial charge in [0.05, 0.1) is 12.0 Å². The van der Waals surface area contributed by atoms with Gasteiger partial charge in [-0.05, 0) is 38.5 Å². The zero-order valence-electron chi connectivity index (χ0n) is 11.2. The summed E-state index contributed by atoms with van der Waals surface area (Å²) in [5.74, 6) is -0.371. The first kappa shape index (κ1) is 14.2. The third kappa shape index (κ3) is 3.32. The van der Waals surface area contributed by atoms with E-state index in [1.807, 2.05) is 26.0 Å². The number of ether oxygens (including phenoxy) is 1. The van der Waals surface area contributed by atoms with Gasteiger partial charge >= 0.3 is 5.97 Å². The van der Waals surface area contributed by atoms with Crippen molar-refractivity contribution in [2.75, 3.05) is 11.9 Å². The van der Waals surface area contributed by atoms with Crippen LogP contribution in [0.1, 0.15) is 33.3 Å². The maximum absolute atomic E-state index is 11.8. The first-order valence-corrected chi connectivity index (χ1v) is 5.93. The van der Waals surface area contributed by atoms with Crippen molar-refractivity contribution in [1.29, 1.82) is 0 Å². The van der Waals surface area contributed by atoms with Gasteiger partial charge < -0.3 is 10.1 Å². The Labute approximate surface area is 107 Å². The van der Waals surface area contributed by atoms with E-state index < -0.39 is 5.41 Å². The van der Waals surface area contributed by atoms with E-state index in [0.29, 0.717) is 12.3 Å². The maximum Gasteiger partial charge on any atom is 0.315 e. The largest absolute Gasteiger partial charge is 0.465 e. The fraction of sp³-hybridized carbons (Fsp3) is 0.429. The van der Waals surface area contributed by atoms with Crippen LogP contribution in [-0.2, 0) is 19.7 Å². The number of amides is 1. The molecule has 0 heterocycles. The number of carbonyl (C=O) groups excluding carboxylic acids is 2. The lowest BCUT2D eigenvalue weighted by atomic mass is 9.84. The molecular formula is C14H19NO3. The Hall–Kier alpha value is -1.84. The summed E-state index contributed by atoms with van der Waals surface area (Å²) in [6, 6.07) is 7.19. The molecule has 0 aliphatic heterocycles. The van der Waals surface area contributed by atoms with Crippen LogP contribution >= 0.6 is 0 Å². The molecule has 0 atom stereocenters. The lowest BCUT2D eigenvalue weighted by molar-refractivity contribution is -0.148. The summed E-state index contributed by atoms with van der Waals surface area (Å²) in [6.45, 7) is 7.24. The molecule has 1 aromatic carbocycles. The minimum Gasteiger partial charge on any atom is -0.465 e. The molecule has 4 heteroatoms. The van der Waals surface area contributed by atoms with Crippen LogP contribution in [0.4, 0.5) is 5.69 Å². The molecule has 0 spiro atoms. The van der Waals surface area contributed by atoms with Gasteiger partial charge in [0.25, 0.3) is 0 Å². The molecule has 1 N–H and O–H groups in total. The van der Waals surface area contributed by atoms with Crippen molar-refractivity contribution >= 4 is 17.6 Å². The first-order chi connectivity index (χ1) is 8.37. The standard InChI is InChI=1S/C14H19NO3/c1-5-18-13(17)14(3,4)11-6-8-12(9-7-11)15-10(2)16/h6-9H,5H2,1-4H3,(H,15,16). The highest BCUT2D eigenvalue weighted by Gasteiger charge is 2.31. The van der Waals surface area contributed by atoms with Crippen LogP contribution in [-0.4, -0.2) is 18.5 Å². The molecular weight excluding hydrogens is 230 g/mol. The van der Waals surface area contributed by atoms with Gasteiger partial charge in [0.1, 0.15) is 0 Å². The van der Waals surface area contributed by atoms with Crippen molar-refractivity contribution in [2.45, 2.75) is 33.1 Å². The topological polar surface area (TPSA) is 55.4 Å². The Morgan fingerprint density at radius 3 is 2.22 bits per heavy atom. The number of rotatable bonds is 4. The second-order valence-corrected chi connectivity index (χ2v) is 4.60. The third-order valence-corrected chi connectivity index (χ3v) is 2.71. The van der Waals surface area contributed by atoms with E-state index in [9.17, 15) is 9.59 Å². The Morgan fingerprint density at radius 1 is 1.22 bits per heavy atom. The maximum atomic E-state index is 11.8. The summed E-state index contributed by atoms with van der Waals surface area (Å²) >= 11 is 0. The Kier molecular flexibility index (Phi) is 4.48. The van der Waals surface area contributed by atoms with E-state index in [4.69, 9.17) is 4.74 Å². The van der Waals surface area contributed by atoms with Crippen molar-refractivity contribution in [3.63, 3.8) is 0 Å². The van der Waals surface area contributed by atoms with Crippen LogP contribution < -0.4 is 5.32 Å². The monoisotopic (exact) mass is 249 g/mol. The van der Waals surface area contributed by atoms with Gasteiger partial charge in [0.15, 0.2) is 0 Å². The summed E-state index contributed by atoms with van der Waals surface area (Å²) in [4.78, 5) is 22.7. The van der Waals surface area contributed by atoms with Gasteiger partial charge in [-0.1, -0.05) is 12.1 Å². The van der Waals surface area contributed by atoms with Gasteiger partial charge in [-0.25, -0.2) is 0 Å². The summed E-state index contributed by atoms with van der Waals surface area (Å²) in [6.07, 6.45) is 0. The van der Waals surface area contributed by atoms with Crippen LogP contribution in [0.15, 0.2) is 24.3 Å². The molecule has 1 rings (SSSR count). The molecule has 1 amide bonds.